The van der Waals surface area contributed by atoms with Crippen molar-refractivity contribution in [1.29, 1.82) is 0 Å². The third kappa shape index (κ3) is 8.63. The molecule has 0 radical (unpaired) electrons. The smallest absolute Gasteiger partial charge is 0.408 e. The number of hydrogen-bond acceptors (Lipinski definition) is 6. The molecule has 1 aliphatic heterocycles. The van der Waals surface area contributed by atoms with E-state index in [1.54, 1.807) is 34.6 Å². The van der Waals surface area contributed by atoms with Crippen molar-refractivity contribution in [3.8, 4) is 0 Å². The number of amides is 2. The zero-order valence-electron chi connectivity index (χ0n) is 21.5. The highest BCUT2D eigenvalue weighted by molar-refractivity contribution is 5.95. The summed E-state index contributed by atoms with van der Waals surface area (Å²) in [4.78, 5) is 25.5. The fourth-order valence-corrected chi connectivity index (χ4v) is 3.34. The molecule has 2 amide bonds. The average Bonchev–Trinajstić information content (AvgIpc) is 3.26. The summed E-state index contributed by atoms with van der Waals surface area (Å²) in [7, 11) is 0. The lowest BCUT2D eigenvalue weighted by Crippen LogP contribution is -3.00. The molecule has 0 saturated carbocycles. The van der Waals surface area contributed by atoms with Gasteiger partial charge in [-0.2, -0.15) is 0 Å². The van der Waals surface area contributed by atoms with Gasteiger partial charge in [0.1, 0.15) is 23.7 Å². The number of quaternary nitrogens is 1. The summed E-state index contributed by atoms with van der Waals surface area (Å²) in [5.74, 6) is 0.0538. The Morgan fingerprint density at radius 1 is 1.00 bits per heavy atom. The Hall–Kier alpha value is -3.47. The minimum atomic E-state index is -1.24. The lowest BCUT2D eigenvalue weighted by Gasteiger charge is -2.29. The number of benzene rings is 2. The standard InChI is InChI=1S/C26H36N6O4/c1-25(2,3)36-24(34)28-26(4,5)23(33)27-21(18-35-17-20-14-10-7-11-15-20)22-29-31-32(30-22)16-19-12-8-6-9-13-19/h6-15,21,32H,16-18H2,1-5H3,(H,27,33)(H,28,34)(H,29,30)/t21-/m1/s1. The maximum Gasteiger partial charge on any atom is 0.408 e. The van der Waals surface area contributed by atoms with Gasteiger partial charge in [0.2, 0.25) is 5.91 Å². The third-order valence-corrected chi connectivity index (χ3v) is 5.17. The van der Waals surface area contributed by atoms with Crippen LogP contribution in [0.15, 0.2) is 65.8 Å². The number of alkyl carbamates (subject to hydrolysis) is 1. The van der Waals surface area contributed by atoms with E-state index < -0.39 is 29.2 Å². The Bertz CT molecular complexity index is 1040. The van der Waals surface area contributed by atoms with Crippen molar-refractivity contribution in [2.75, 3.05) is 6.61 Å². The Morgan fingerprint density at radius 3 is 2.22 bits per heavy atom. The molecule has 1 heterocycles. The number of rotatable bonds is 10. The molecule has 0 bridgehead atoms. The van der Waals surface area contributed by atoms with E-state index in [1.807, 2.05) is 60.7 Å². The number of nitrogens with one attached hydrogen (secondary N) is 4. The molecule has 10 heteroatoms. The van der Waals surface area contributed by atoms with Gasteiger partial charge in [-0.05, 0) is 40.2 Å². The molecule has 0 aromatic heterocycles. The first-order chi connectivity index (χ1) is 17.0. The van der Waals surface area contributed by atoms with Gasteiger partial charge in [0.15, 0.2) is 5.84 Å². The number of carbonyl (C=O) groups excluding carboxylic acids is 2. The van der Waals surface area contributed by atoms with E-state index in [0.717, 1.165) is 11.1 Å². The Balaban J connectivity index is 1.68. The Morgan fingerprint density at radius 2 is 1.61 bits per heavy atom. The molecule has 3 rings (SSSR count). The van der Waals surface area contributed by atoms with Crippen LogP contribution in [-0.2, 0) is 27.4 Å². The second-order valence-corrected chi connectivity index (χ2v) is 10.1. The molecule has 0 aliphatic carbocycles. The van der Waals surface area contributed by atoms with Gasteiger partial charge in [-0.3, -0.25) is 9.91 Å². The van der Waals surface area contributed by atoms with Gasteiger partial charge < -0.3 is 31.1 Å². The number of ether oxygens (including phenoxy) is 2. The summed E-state index contributed by atoms with van der Waals surface area (Å²) < 4.78 is 11.2. The molecule has 194 valence electrons. The van der Waals surface area contributed by atoms with Crippen LogP contribution < -0.4 is 21.2 Å². The first-order valence-corrected chi connectivity index (χ1v) is 11.9. The van der Waals surface area contributed by atoms with Gasteiger partial charge in [-0.25, -0.2) is 4.79 Å². The molecule has 0 saturated heterocycles. The quantitative estimate of drug-likeness (QED) is 0.402. The normalized spacial score (nSPS) is 16.5. The van der Waals surface area contributed by atoms with Crippen molar-refractivity contribution in [2.45, 2.75) is 65.0 Å². The molecule has 0 fully saturated rings. The maximum absolute atomic E-state index is 13.2. The summed E-state index contributed by atoms with van der Waals surface area (Å²) >= 11 is 0. The molecule has 2 aromatic carbocycles. The highest BCUT2D eigenvalue weighted by atomic mass is 16.6. The Labute approximate surface area is 212 Å². The van der Waals surface area contributed by atoms with E-state index in [9.17, 15) is 9.59 Å². The zero-order valence-corrected chi connectivity index (χ0v) is 21.5. The molecule has 36 heavy (non-hydrogen) atoms. The highest BCUT2D eigenvalue weighted by Gasteiger charge is 2.34. The molecule has 0 spiro atoms. The summed E-state index contributed by atoms with van der Waals surface area (Å²) in [6.45, 7) is 9.57. The van der Waals surface area contributed by atoms with Gasteiger partial charge in [0.25, 0.3) is 0 Å². The van der Waals surface area contributed by atoms with Crippen molar-refractivity contribution in [3.63, 3.8) is 0 Å². The van der Waals surface area contributed by atoms with Gasteiger partial charge in [-0.1, -0.05) is 65.8 Å². The fraction of sp³-hybridized carbons (Fsp3) is 0.423. The van der Waals surface area contributed by atoms with E-state index in [1.165, 1.54) is 0 Å². The minimum absolute atomic E-state index is 0.156. The van der Waals surface area contributed by atoms with E-state index >= 15 is 0 Å². The molecule has 2 atom stereocenters. The monoisotopic (exact) mass is 496 g/mol. The van der Waals surface area contributed by atoms with Crippen molar-refractivity contribution in [1.82, 2.24) is 16.1 Å². The van der Waals surface area contributed by atoms with E-state index in [0.29, 0.717) is 24.1 Å². The SMILES string of the molecule is CC(C)(C)OC(=O)NC(C)(C)C(=O)N[C@H](COCc1ccccc1)C1=N[NH+](Cc2ccccc2)[N-]N1. The van der Waals surface area contributed by atoms with Crippen LogP contribution in [-0.4, -0.2) is 41.6 Å². The van der Waals surface area contributed by atoms with Crippen LogP contribution in [0.2, 0.25) is 0 Å². The van der Waals surface area contributed by atoms with Gasteiger partial charge in [0, 0.05) is 5.56 Å². The zero-order chi connectivity index (χ0) is 26.2. The summed E-state index contributed by atoms with van der Waals surface area (Å²) in [5.41, 5.74) is 7.42. The first-order valence-electron chi connectivity index (χ1n) is 11.9. The second-order valence-electron chi connectivity index (χ2n) is 10.1. The van der Waals surface area contributed by atoms with Crippen molar-refractivity contribution in [2.24, 2.45) is 5.10 Å². The molecule has 10 nitrogen and oxygen atoms in total. The average molecular weight is 497 g/mol. The molecule has 4 N–H and O–H groups in total. The first kappa shape index (κ1) is 27.1. The summed E-state index contributed by atoms with van der Waals surface area (Å²) in [6, 6.07) is 19.0. The Kier molecular flexibility index (Phi) is 9.03. The predicted octanol–water partition coefficient (Wildman–Crippen LogP) is 2.20. The molecular weight excluding hydrogens is 460 g/mol. The molecule has 2 aromatic rings. The molecular formula is C26H36N6O4. The van der Waals surface area contributed by atoms with Gasteiger partial charge in [-0.15, -0.1) is 0 Å². The fourth-order valence-electron chi connectivity index (χ4n) is 3.34. The van der Waals surface area contributed by atoms with Crippen molar-refractivity contribution >= 4 is 17.8 Å². The van der Waals surface area contributed by atoms with Crippen LogP contribution in [0.3, 0.4) is 0 Å². The number of amidine groups is 1. The topological polar surface area (TPSA) is 120 Å². The van der Waals surface area contributed by atoms with Crippen molar-refractivity contribution < 1.29 is 24.2 Å². The summed E-state index contributed by atoms with van der Waals surface area (Å²) in [5, 5.41) is 10.8. The molecule has 1 aliphatic rings. The number of carbonyl (C=O) groups is 2. The van der Waals surface area contributed by atoms with Crippen LogP contribution in [0.25, 0.3) is 5.53 Å². The van der Waals surface area contributed by atoms with E-state index in [4.69, 9.17) is 9.47 Å². The van der Waals surface area contributed by atoms with Gasteiger partial charge >= 0.3 is 6.09 Å². The second kappa shape index (κ2) is 12.0. The van der Waals surface area contributed by atoms with Crippen LogP contribution in [0, 0.1) is 0 Å². The van der Waals surface area contributed by atoms with Gasteiger partial charge in [0.05, 0.1) is 13.2 Å². The lowest BCUT2D eigenvalue weighted by atomic mass is 10.0. The number of nitrogens with zero attached hydrogens (tertiary/aromatic N) is 2. The number of hydrogen-bond donors (Lipinski definition) is 4. The van der Waals surface area contributed by atoms with Crippen LogP contribution >= 0.6 is 0 Å². The van der Waals surface area contributed by atoms with Crippen LogP contribution in [0.1, 0.15) is 45.7 Å². The largest absolute Gasteiger partial charge is 0.444 e. The van der Waals surface area contributed by atoms with Crippen molar-refractivity contribution in [3.05, 3.63) is 77.3 Å². The lowest BCUT2D eigenvalue weighted by molar-refractivity contribution is -0.881. The van der Waals surface area contributed by atoms with E-state index in [2.05, 4.69) is 26.7 Å². The predicted molar refractivity (Wildman–Crippen MR) is 137 cm³/mol. The van der Waals surface area contributed by atoms with Crippen LogP contribution in [0.5, 0.6) is 0 Å². The third-order valence-electron chi connectivity index (χ3n) is 5.17. The summed E-state index contributed by atoms with van der Waals surface area (Å²) in [6.07, 6.45) is -0.677. The molecule has 1 unspecified atom stereocenters. The minimum Gasteiger partial charge on any atom is -0.444 e. The van der Waals surface area contributed by atoms with Crippen LogP contribution in [0.4, 0.5) is 4.79 Å². The highest BCUT2D eigenvalue weighted by Crippen LogP contribution is 2.11. The maximum atomic E-state index is 13.2. The van der Waals surface area contributed by atoms with E-state index in [-0.39, 0.29) is 6.61 Å².